The van der Waals surface area contributed by atoms with Crippen LogP contribution in [-0.4, -0.2) is 66.1 Å². The van der Waals surface area contributed by atoms with E-state index >= 15 is 0 Å². The fraction of sp³-hybridized carbons (Fsp3) is 0.351. The second-order valence-corrected chi connectivity index (χ2v) is 13.2. The van der Waals surface area contributed by atoms with Gasteiger partial charge < -0.3 is 24.4 Å². The number of quaternary nitrogens is 1. The van der Waals surface area contributed by atoms with Gasteiger partial charge in [-0.1, -0.05) is 54.6 Å². The van der Waals surface area contributed by atoms with E-state index in [9.17, 15) is 14.7 Å². The van der Waals surface area contributed by atoms with Crippen LogP contribution in [0.2, 0.25) is 0 Å². The van der Waals surface area contributed by atoms with Gasteiger partial charge in [-0.05, 0) is 70.6 Å². The highest BCUT2D eigenvalue weighted by atomic mass is 16.6. The van der Waals surface area contributed by atoms with Crippen molar-refractivity contribution in [1.29, 1.82) is 0 Å². The number of morpholine rings is 1. The molecule has 0 radical (unpaired) electrons. The number of carbonyl (C=O) groups excluding carboxylic acids is 2. The van der Waals surface area contributed by atoms with Crippen LogP contribution in [-0.2, 0) is 27.3 Å². The number of anilines is 2. The molecule has 2 bridgehead atoms. The topological polar surface area (TPSA) is 100 Å². The third-order valence-electron chi connectivity index (χ3n) is 9.96. The largest absolute Gasteiger partial charge is 0.445 e. The number of aryl methyl sites for hydroxylation is 1. The first-order valence-electron chi connectivity index (χ1n) is 15.9. The molecule has 4 aromatic rings. The van der Waals surface area contributed by atoms with Gasteiger partial charge in [0, 0.05) is 30.5 Å². The van der Waals surface area contributed by atoms with E-state index in [0.717, 1.165) is 62.5 Å². The van der Waals surface area contributed by atoms with Crippen LogP contribution in [0.15, 0.2) is 84.9 Å². The SMILES string of the molecule is C[N+]1(C)[C@@H]2CC(OC(=O)Nc3ccc(CCCC(=O)Nc4ccc5cc(CO)ccc5c4)cc3-c3ccccc3)C[C@H]1[C@@H]1O[C@@H]12. The van der Waals surface area contributed by atoms with Crippen molar-refractivity contribution in [2.45, 2.75) is 69.1 Å². The molecule has 232 valence electrons. The highest BCUT2D eigenvalue weighted by Gasteiger charge is 2.70. The Kier molecular flexibility index (Phi) is 7.81. The Morgan fingerprint density at radius 3 is 2.33 bits per heavy atom. The van der Waals surface area contributed by atoms with Crippen molar-refractivity contribution in [2.75, 3.05) is 24.7 Å². The zero-order chi connectivity index (χ0) is 31.1. The number of piperidine rings is 1. The number of epoxide rings is 1. The third kappa shape index (κ3) is 6.06. The van der Waals surface area contributed by atoms with E-state index in [1.165, 1.54) is 0 Å². The van der Waals surface area contributed by atoms with Gasteiger partial charge >= 0.3 is 6.09 Å². The molecule has 1 unspecified atom stereocenters. The predicted octanol–water partition coefficient (Wildman–Crippen LogP) is 6.27. The zero-order valence-electron chi connectivity index (χ0n) is 25.7. The fourth-order valence-corrected chi connectivity index (χ4v) is 7.45. The first kappa shape index (κ1) is 29.5. The zero-order valence-corrected chi connectivity index (χ0v) is 25.7. The number of carbonyl (C=O) groups is 2. The normalized spacial score (nSPS) is 24.1. The van der Waals surface area contributed by atoms with Gasteiger partial charge in [-0.15, -0.1) is 0 Å². The molecule has 3 saturated heterocycles. The Morgan fingerprint density at radius 1 is 0.867 bits per heavy atom. The minimum Gasteiger partial charge on any atom is -0.445 e. The molecule has 4 aromatic carbocycles. The number of amides is 2. The molecule has 7 rings (SSSR count). The Balaban J connectivity index is 0.970. The number of aliphatic hydroxyl groups is 1. The lowest BCUT2D eigenvalue weighted by molar-refractivity contribution is -0.938. The molecule has 3 fully saturated rings. The van der Waals surface area contributed by atoms with E-state index in [2.05, 4.69) is 30.8 Å². The summed E-state index contributed by atoms with van der Waals surface area (Å²) in [6.45, 7) is 0.00352. The van der Waals surface area contributed by atoms with Crippen molar-refractivity contribution in [2.24, 2.45) is 0 Å². The summed E-state index contributed by atoms with van der Waals surface area (Å²) in [5, 5.41) is 17.4. The number of rotatable bonds is 9. The lowest BCUT2D eigenvalue weighted by Gasteiger charge is -2.45. The van der Waals surface area contributed by atoms with E-state index in [-0.39, 0.29) is 18.6 Å². The molecule has 3 aliphatic heterocycles. The summed E-state index contributed by atoms with van der Waals surface area (Å²) < 4.78 is 12.8. The van der Waals surface area contributed by atoms with Crippen LogP contribution in [0, 0.1) is 0 Å². The highest BCUT2D eigenvalue weighted by Crippen LogP contribution is 2.51. The average Bonchev–Trinajstić information content (AvgIpc) is 3.81. The summed E-state index contributed by atoms with van der Waals surface area (Å²) in [4.78, 5) is 25.9. The highest BCUT2D eigenvalue weighted by molar-refractivity contribution is 5.95. The van der Waals surface area contributed by atoms with Gasteiger partial charge in [0.2, 0.25) is 5.91 Å². The number of likely N-dealkylation sites (N-methyl/N-ethyl adjacent to an activating group) is 1. The standard InChI is InChI=1S/C37H39N3O5/c1-40(2)32-20-29(21-33(40)36-35(32)45-36)44-37(43)39-31-16-12-23(18-30(31)25-8-4-3-5-9-25)7-6-10-34(42)38-28-15-14-26-17-24(22-41)11-13-27(26)19-28/h3-5,8-9,11-19,29,32-33,35-36,41H,6-7,10,20-22H2,1-2H3,(H-,38,39,42,43)/p+1/t29?,32-,33+,35-,36+. The Morgan fingerprint density at radius 2 is 1.58 bits per heavy atom. The van der Waals surface area contributed by atoms with Crippen LogP contribution in [0.5, 0.6) is 0 Å². The maximum atomic E-state index is 13.1. The van der Waals surface area contributed by atoms with Gasteiger partial charge in [0.05, 0.1) is 26.4 Å². The first-order chi connectivity index (χ1) is 21.8. The van der Waals surface area contributed by atoms with Crippen molar-refractivity contribution >= 4 is 34.1 Å². The Bertz CT molecular complexity index is 1720. The van der Waals surface area contributed by atoms with Gasteiger partial charge in [0.1, 0.15) is 30.4 Å². The number of fused-ring (bicyclic) bond motifs is 6. The molecule has 2 amide bonds. The number of hydrogen-bond donors (Lipinski definition) is 3. The number of benzene rings is 4. The number of nitrogens with one attached hydrogen (secondary N) is 2. The number of hydrogen-bond acceptors (Lipinski definition) is 5. The van der Waals surface area contributed by atoms with Crippen LogP contribution in [0.25, 0.3) is 21.9 Å². The molecule has 5 atom stereocenters. The van der Waals surface area contributed by atoms with Gasteiger partial charge in [-0.2, -0.15) is 0 Å². The first-order valence-corrected chi connectivity index (χ1v) is 15.9. The van der Waals surface area contributed by atoms with Gasteiger partial charge in [-0.25, -0.2) is 4.79 Å². The van der Waals surface area contributed by atoms with Crippen molar-refractivity contribution in [1.82, 2.24) is 0 Å². The second-order valence-electron chi connectivity index (χ2n) is 13.2. The van der Waals surface area contributed by atoms with Crippen molar-refractivity contribution in [3.63, 3.8) is 0 Å². The molecular formula is C37H40N3O5+. The lowest BCUT2D eigenvalue weighted by Crippen LogP contribution is -2.60. The van der Waals surface area contributed by atoms with E-state index in [1.807, 2.05) is 78.9 Å². The number of ether oxygens (including phenoxy) is 2. The molecule has 45 heavy (non-hydrogen) atoms. The molecule has 0 spiro atoms. The van der Waals surface area contributed by atoms with Crippen LogP contribution in [0.3, 0.4) is 0 Å². The van der Waals surface area contributed by atoms with Crippen molar-refractivity contribution in [3.05, 3.63) is 96.1 Å². The molecule has 8 nitrogen and oxygen atoms in total. The van der Waals surface area contributed by atoms with Crippen molar-refractivity contribution < 1.29 is 28.7 Å². The molecule has 3 N–H and O–H groups in total. The summed E-state index contributed by atoms with van der Waals surface area (Å²) in [5.41, 5.74) is 5.34. The summed E-state index contributed by atoms with van der Waals surface area (Å²) >= 11 is 0. The summed E-state index contributed by atoms with van der Waals surface area (Å²) in [5.74, 6) is -0.0344. The number of aliphatic hydroxyl groups excluding tert-OH is 1. The smallest absolute Gasteiger partial charge is 0.411 e. The van der Waals surface area contributed by atoms with Crippen LogP contribution in [0.1, 0.15) is 36.8 Å². The Hall–Kier alpha value is -4.24. The summed E-state index contributed by atoms with van der Waals surface area (Å²) in [6.07, 6.45) is 3.53. The fourth-order valence-electron chi connectivity index (χ4n) is 7.45. The molecule has 8 heteroatoms. The van der Waals surface area contributed by atoms with E-state index in [4.69, 9.17) is 9.47 Å². The quantitative estimate of drug-likeness (QED) is 0.154. The molecule has 3 aliphatic rings. The number of nitrogens with zero attached hydrogens (tertiary/aromatic N) is 1. The Labute approximate surface area is 263 Å². The van der Waals surface area contributed by atoms with Gasteiger partial charge in [-0.3, -0.25) is 10.1 Å². The van der Waals surface area contributed by atoms with E-state index in [1.54, 1.807) is 0 Å². The lowest BCUT2D eigenvalue weighted by atomic mass is 9.96. The summed E-state index contributed by atoms with van der Waals surface area (Å²) in [6, 6.07) is 28.4. The van der Waals surface area contributed by atoms with Gasteiger partial charge in [0.15, 0.2) is 0 Å². The van der Waals surface area contributed by atoms with Crippen LogP contribution >= 0.6 is 0 Å². The molecule has 3 heterocycles. The summed E-state index contributed by atoms with van der Waals surface area (Å²) in [7, 11) is 4.53. The molecule has 0 aliphatic carbocycles. The minimum absolute atomic E-state index is 0.00352. The van der Waals surface area contributed by atoms with Crippen LogP contribution < -0.4 is 10.6 Å². The average molecular weight is 607 g/mol. The van der Waals surface area contributed by atoms with Gasteiger partial charge in [0.25, 0.3) is 0 Å². The maximum absolute atomic E-state index is 13.1. The van der Waals surface area contributed by atoms with E-state index in [0.29, 0.717) is 42.8 Å². The minimum atomic E-state index is -0.426. The van der Waals surface area contributed by atoms with E-state index < -0.39 is 6.09 Å². The third-order valence-corrected chi connectivity index (χ3v) is 9.96. The van der Waals surface area contributed by atoms with Crippen molar-refractivity contribution in [3.8, 4) is 11.1 Å². The molecule has 0 saturated carbocycles. The second kappa shape index (κ2) is 11.9. The maximum Gasteiger partial charge on any atom is 0.411 e. The molecule has 0 aromatic heterocycles. The predicted molar refractivity (Wildman–Crippen MR) is 175 cm³/mol. The molecular weight excluding hydrogens is 566 g/mol. The monoisotopic (exact) mass is 606 g/mol. The van der Waals surface area contributed by atoms with Crippen LogP contribution in [0.4, 0.5) is 16.2 Å².